The summed E-state index contributed by atoms with van der Waals surface area (Å²) in [5, 5.41) is 0. The molecule has 0 saturated heterocycles. The zero-order valence-corrected chi connectivity index (χ0v) is 14.4. The van der Waals surface area contributed by atoms with Crippen LogP contribution in [0.5, 0.6) is 0 Å². The molecule has 0 radical (unpaired) electrons. The molecular formula is C16H33N3O2. The Kier molecular flexibility index (Phi) is 9.26. The van der Waals surface area contributed by atoms with E-state index in [0.717, 1.165) is 32.1 Å². The van der Waals surface area contributed by atoms with E-state index in [9.17, 15) is 9.59 Å². The highest BCUT2D eigenvalue weighted by Gasteiger charge is 2.38. The van der Waals surface area contributed by atoms with E-state index in [1.54, 1.807) is 19.0 Å². The monoisotopic (exact) mass is 299 g/mol. The lowest BCUT2D eigenvalue weighted by Gasteiger charge is -2.36. The van der Waals surface area contributed by atoms with Gasteiger partial charge in [0.1, 0.15) is 0 Å². The molecule has 0 bridgehead atoms. The molecule has 2 amide bonds. The maximum atomic E-state index is 13.0. The molecule has 0 spiro atoms. The van der Waals surface area contributed by atoms with Gasteiger partial charge in [-0.2, -0.15) is 0 Å². The van der Waals surface area contributed by atoms with Gasteiger partial charge < -0.3 is 15.5 Å². The average molecular weight is 299 g/mol. The predicted molar refractivity (Wildman–Crippen MR) is 86.9 cm³/mol. The Bertz CT molecular complexity index is 323. The molecule has 5 nitrogen and oxygen atoms in total. The molecule has 0 unspecified atom stereocenters. The van der Waals surface area contributed by atoms with Crippen LogP contribution in [0.25, 0.3) is 0 Å². The fourth-order valence-electron chi connectivity index (χ4n) is 2.75. The van der Waals surface area contributed by atoms with E-state index in [4.69, 9.17) is 5.73 Å². The first-order chi connectivity index (χ1) is 9.88. The van der Waals surface area contributed by atoms with Gasteiger partial charge in [-0.1, -0.05) is 33.6 Å². The molecule has 0 aromatic rings. The van der Waals surface area contributed by atoms with Crippen molar-refractivity contribution in [2.75, 3.05) is 33.7 Å². The van der Waals surface area contributed by atoms with Crippen LogP contribution >= 0.6 is 0 Å². The second kappa shape index (κ2) is 9.77. The molecule has 0 atom stereocenters. The van der Waals surface area contributed by atoms with Crippen molar-refractivity contribution in [2.45, 2.75) is 52.9 Å². The smallest absolute Gasteiger partial charge is 0.241 e. The van der Waals surface area contributed by atoms with Gasteiger partial charge in [0.05, 0.1) is 12.0 Å². The van der Waals surface area contributed by atoms with Crippen LogP contribution in [0.4, 0.5) is 0 Å². The van der Waals surface area contributed by atoms with Gasteiger partial charge in [-0.3, -0.25) is 9.59 Å². The molecule has 0 aliphatic rings. The Morgan fingerprint density at radius 1 is 1.00 bits per heavy atom. The molecule has 0 rings (SSSR count). The largest absolute Gasteiger partial charge is 0.347 e. The first-order valence-electron chi connectivity index (χ1n) is 8.08. The zero-order chi connectivity index (χ0) is 16.5. The van der Waals surface area contributed by atoms with Gasteiger partial charge in [0.15, 0.2) is 0 Å². The third kappa shape index (κ3) is 5.65. The van der Waals surface area contributed by atoms with Crippen molar-refractivity contribution < 1.29 is 9.59 Å². The molecule has 0 aromatic carbocycles. The van der Waals surface area contributed by atoms with E-state index in [1.165, 1.54) is 4.90 Å². The normalized spacial score (nSPS) is 11.3. The number of likely N-dealkylation sites (N-methyl/N-ethyl adjacent to an activating group) is 1. The lowest BCUT2D eigenvalue weighted by atomic mass is 9.77. The van der Waals surface area contributed by atoms with Crippen molar-refractivity contribution in [3.05, 3.63) is 0 Å². The van der Waals surface area contributed by atoms with Crippen molar-refractivity contribution in [3.8, 4) is 0 Å². The van der Waals surface area contributed by atoms with Crippen molar-refractivity contribution in [1.29, 1.82) is 0 Å². The van der Waals surface area contributed by atoms with Crippen LogP contribution in [0.1, 0.15) is 52.9 Å². The highest BCUT2D eigenvalue weighted by atomic mass is 16.2. The number of hydrogen-bond acceptors (Lipinski definition) is 3. The van der Waals surface area contributed by atoms with Gasteiger partial charge in [-0.25, -0.2) is 0 Å². The van der Waals surface area contributed by atoms with Crippen molar-refractivity contribution >= 4 is 11.8 Å². The minimum absolute atomic E-state index is 0.0456. The quantitative estimate of drug-likeness (QED) is 0.669. The van der Waals surface area contributed by atoms with Crippen LogP contribution in [0.15, 0.2) is 0 Å². The number of nitrogens with two attached hydrogens (primary N) is 1. The van der Waals surface area contributed by atoms with Gasteiger partial charge in [0.25, 0.3) is 0 Å². The maximum Gasteiger partial charge on any atom is 0.241 e. The third-order valence-corrected chi connectivity index (χ3v) is 3.91. The highest BCUT2D eigenvalue weighted by Crippen LogP contribution is 2.31. The lowest BCUT2D eigenvalue weighted by molar-refractivity contribution is -0.147. The number of hydrogen-bond donors (Lipinski definition) is 1. The third-order valence-electron chi connectivity index (χ3n) is 3.91. The molecule has 0 aromatic heterocycles. The van der Waals surface area contributed by atoms with Crippen LogP contribution in [0.2, 0.25) is 0 Å². The Hall–Kier alpha value is -1.10. The highest BCUT2D eigenvalue weighted by molar-refractivity contribution is 5.88. The van der Waals surface area contributed by atoms with Crippen LogP contribution < -0.4 is 5.73 Å². The summed E-state index contributed by atoms with van der Waals surface area (Å²) < 4.78 is 0. The summed E-state index contributed by atoms with van der Waals surface area (Å²) in [5.41, 5.74) is 5.45. The summed E-state index contributed by atoms with van der Waals surface area (Å²) in [6.07, 6.45) is 4.25. The van der Waals surface area contributed by atoms with E-state index >= 15 is 0 Å². The van der Waals surface area contributed by atoms with Crippen LogP contribution in [-0.2, 0) is 9.59 Å². The summed E-state index contributed by atoms with van der Waals surface area (Å²) in [7, 11) is 3.43. The zero-order valence-electron chi connectivity index (χ0n) is 14.4. The number of rotatable bonds is 10. The number of nitrogens with zero attached hydrogens (tertiary/aromatic N) is 2. The second-order valence-corrected chi connectivity index (χ2v) is 6.00. The predicted octanol–water partition coefficient (Wildman–Crippen LogP) is 1.86. The summed E-state index contributed by atoms with van der Waals surface area (Å²) >= 11 is 0. The molecule has 0 saturated carbocycles. The number of carbonyl (C=O) groups excluding carboxylic acids is 2. The minimum atomic E-state index is -0.509. The molecule has 124 valence electrons. The summed E-state index contributed by atoms with van der Waals surface area (Å²) in [4.78, 5) is 28.2. The molecule has 0 heterocycles. The van der Waals surface area contributed by atoms with E-state index < -0.39 is 5.41 Å². The minimum Gasteiger partial charge on any atom is -0.347 e. The maximum absolute atomic E-state index is 13.0. The lowest BCUT2D eigenvalue weighted by Crippen LogP contribution is -2.51. The van der Waals surface area contributed by atoms with Crippen LogP contribution in [0.3, 0.4) is 0 Å². The second-order valence-electron chi connectivity index (χ2n) is 6.00. The standard InChI is InChI=1S/C16H33N3O2/c1-6-9-16(13-17,10-7-2)15(21)19(11-8-3)12-14(20)18(4)5/h6-13,17H2,1-5H3. The number of carbonyl (C=O) groups is 2. The van der Waals surface area contributed by atoms with E-state index in [-0.39, 0.29) is 18.4 Å². The van der Waals surface area contributed by atoms with Crippen molar-refractivity contribution in [1.82, 2.24) is 9.80 Å². The van der Waals surface area contributed by atoms with Gasteiger partial charge in [-0.05, 0) is 19.3 Å². The Balaban J connectivity index is 5.24. The Morgan fingerprint density at radius 2 is 1.52 bits per heavy atom. The van der Waals surface area contributed by atoms with Crippen molar-refractivity contribution in [3.63, 3.8) is 0 Å². The molecule has 2 N–H and O–H groups in total. The SMILES string of the molecule is CCCN(CC(=O)N(C)C)C(=O)C(CN)(CCC)CCC. The van der Waals surface area contributed by atoms with Gasteiger partial charge in [0, 0.05) is 27.2 Å². The van der Waals surface area contributed by atoms with Crippen LogP contribution in [0, 0.1) is 5.41 Å². The Morgan fingerprint density at radius 3 is 1.86 bits per heavy atom. The van der Waals surface area contributed by atoms with Gasteiger partial charge >= 0.3 is 0 Å². The van der Waals surface area contributed by atoms with Gasteiger partial charge in [0.2, 0.25) is 11.8 Å². The van der Waals surface area contributed by atoms with Crippen LogP contribution in [-0.4, -0.2) is 55.3 Å². The molecule has 0 aliphatic heterocycles. The van der Waals surface area contributed by atoms with E-state index in [0.29, 0.717) is 13.1 Å². The van der Waals surface area contributed by atoms with Crippen molar-refractivity contribution in [2.24, 2.45) is 11.1 Å². The first-order valence-corrected chi connectivity index (χ1v) is 8.08. The summed E-state index contributed by atoms with van der Waals surface area (Å²) in [5.74, 6) is 0.00136. The van der Waals surface area contributed by atoms with E-state index in [2.05, 4.69) is 13.8 Å². The summed E-state index contributed by atoms with van der Waals surface area (Å²) in [6.45, 7) is 7.27. The number of amides is 2. The molecule has 0 aliphatic carbocycles. The first kappa shape index (κ1) is 19.9. The Labute approximate surface area is 129 Å². The topological polar surface area (TPSA) is 66.6 Å². The van der Waals surface area contributed by atoms with Gasteiger partial charge in [-0.15, -0.1) is 0 Å². The fraction of sp³-hybridized carbons (Fsp3) is 0.875. The fourth-order valence-corrected chi connectivity index (χ4v) is 2.75. The average Bonchev–Trinajstić information content (AvgIpc) is 2.45. The molecule has 5 heteroatoms. The molecule has 21 heavy (non-hydrogen) atoms. The molecular weight excluding hydrogens is 266 g/mol. The summed E-state index contributed by atoms with van der Waals surface area (Å²) in [6, 6.07) is 0. The molecule has 0 fully saturated rings. The van der Waals surface area contributed by atoms with E-state index in [1.807, 2.05) is 6.92 Å².